The number of H-pyrrole nitrogens is 1. The summed E-state index contributed by atoms with van der Waals surface area (Å²) in [5, 5.41) is 19.3. The summed E-state index contributed by atoms with van der Waals surface area (Å²) in [5.74, 6) is -3.24. The van der Waals surface area contributed by atoms with E-state index in [-0.39, 0.29) is 0 Å². The molecule has 0 amide bonds. The zero-order valence-electron chi connectivity index (χ0n) is 8.98. The lowest BCUT2D eigenvalue weighted by molar-refractivity contribution is -0.146. The van der Waals surface area contributed by atoms with Gasteiger partial charge in [-0.05, 0) is 18.2 Å². The number of hydrogen-bond acceptors (Lipinski definition) is 3. The molecule has 0 saturated heterocycles. The van der Waals surface area contributed by atoms with Gasteiger partial charge in [-0.2, -0.15) is 0 Å². The summed E-state index contributed by atoms with van der Waals surface area (Å²) in [4.78, 5) is 24.2. The van der Waals surface area contributed by atoms with Gasteiger partial charge in [0.1, 0.15) is 5.76 Å². The number of aliphatic hydroxyl groups excluding tert-OH is 1. The van der Waals surface area contributed by atoms with Crippen LogP contribution < -0.4 is 0 Å². The highest BCUT2D eigenvalue weighted by molar-refractivity contribution is 6.38. The molecule has 1 aromatic carbocycles. The number of benzene rings is 1. The van der Waals surface area contributed by atoms with Crippen LogP contribution in [-0.2, 0) is 9.59 Å². The van der Waals surface area contributed by atoms with Crippen molar-refractivity contribution in [3.8, 4) is 0 Å². The average Bonchev–Trinajstić information content (AvgIpc) is 2.71. The molecule has 0 spiro atoms. The van der Waals surface area contributed by atoms with Crippen LogP contribution in [0.4, 0.5) is 0 Å². The van der Waals surface area contributed by atoms with Gasteiger partial charge in [0.05, 0.1) is 0 Å². The van der Waals surface area contributed by atoms with Crippen molar-refractivity contribution in [3.63, 3.8) is 0 Å². The monoisotopic (exact) mass is 265 g/mol. The van der Waals surface area contributed by atoms with E-state index in [1.165, 1.54) is 6.20 Å². The molecule has 0 bridgehead atoms. The van der Waals surface area contributed by atoms with Gasteiger partial charge in [-0.15, -0.1) is 0 Å². The number of halogens is 1. The summed E-state index contributed by atoms with van der Waals surface area (Å²) < 4.78 is 0. The van der Waals surface area contributed by atoms with E-state index in [0.717, 1.165) is 5.52 Å². The van der Waals surface area contributed by atoms with E-state index in [1.54, 1.807) is 18.2 Å². The number of carboxylic acids is 1. The Labute approximate surface area is 106 Å². The topological polar surface area (TPSA) is 90.4 Å². The summed E-state index contributed by atoms with van der Waals surface area (Å²) >= 11 is 5.83. The highest BCUT2D eigenvalue weighted by atomic mass is 35.5. The number of carbonyl (C=O) groups is 2. The Hall–Kier alpha value is -2.27. The predicted molar refractivity (Wildman–Crippen MR) is 66.6 cm³/mol. The molecule has 3 N–H and O–H groups in total. The molecular formula is C12H8ClNO4. The van der Waals surface area contributed by atoms with Crippen molar-refractivity contribution < 1.29 is 19.8 Å². The van der Waals surface area contributed by atoms with Crippen LogP contribution >= 0.6 is 11.6 Å². The maximum Gasteiger partial charge on any atom is 0.376 e. The molecule has 0 atom stereocenters. The molecule has 92 valence electrons. The van der Waals surface area contributed by atoms with E-state index in [4.69, 9.17) is 16.7 Å². The van der Waals surface area contributed by atoms with Crippen LogP contribution in [0.1, 0.15) is 5.56 Å². The number of rotatable bonds is 3. The fraction of sp³-hybridized carbons (Fsp3) is 0. The van der Waals surface area contributed by atoms with E-state index >= 15 is 0 Å². The molecule has 0 aliphatic heterocycles. The maximum absolute atomic E-state index is 11.0. The Bertz CT molecular complexity index is 672. The van der Waals surface area contributed by atoms with E-state index in [1.807, 2.05) is 0 Å². The van der Waals surface area contributed by atoms with Crippen molar-refractivity contribution in [2.45, 2.75) is 0 Å². The molecule has 0 aliphatic rings. The van der Waals surface area contributed by atoms with Gasteiger partial charge in [0.2, 0.25) is 0 Å². The second kappa shape index (κ2) is 4.54. The van der Waals surface area contributed by atoms with Gasteiger partial charge < -0.3 is 15.2 Å². The second-order valence-corrected chi connectivity index (χ2v) is 4.03. The third-order valence-corrected chi connectivity index (χ3v) is 2.63. The zero-order chi connectivity index (χ0) is 13.3. The average molecular weight is 266 g/mol. The SMILES string of the molecule is O=C(O)C(=O)/C=C(\O)c1c[nH]c2ccc(Cl)cc12. The molecule has 0 fully saturated rings. The van der Waals surface area contributed by atoms with Crippen molar-refractivity contribution in [3.05, 3.63) is 41.1 Å². The lowest BCUT2D eigenvalue weighted by Gasteiger charge is -1.98. The van der Waals surface area contributed by atoms with Crippen LogP contribution in [-0.4, -0.2) is 26.9 Å². The smallest absolute Gasteiger partial charge is 0.376 e. The van der Waals surface area contributed by atoms with Gasteiger partial charge in [-0.1, -0.05) is 11.6 Å². The molecule has 2 aromatic rings. The van der Waals surface area contributed by atoms with Gasteiger partial charge in [0.25, 0.3) is 5.78 Å². The number of carbonyl (C=O) groups excluding carboxylic acids is 1. The van der Waals surface area contributed by atoms with Crippen molar-refractivity contribution in [2.75, 3.05) is 0 Å². The van der Waals surface area contributed by atoms with Gasteiger partial charge in [-0.25, -0.2) is 4.79 Å². The van der Waals surface area contributed by atoms with E-state index in [2.05, 4.69) is 4.98 Å². The summed E-state index contributed by atoms with van der Waals surface area (Å²) in [6.45, 7) is 0. The van der Waals surface area contributed by atoms with Crippen LogP contribution in [0, 0.1) is 0 Å². The largest absolute Gasteiger partial charge is 0.507 e. The summed E-state index contributed by atoms with van der Waals surface area (Å²) in [6.07, 6.45) is 2.13. The number of fused-ring (bicyclic) bond motifs is 1. The number of hydrogen-bond donors (Lipinski definition) is 3. The number of aliphatic carboxylic acids is 1. The highest BCUT2D eigenvalue weighted by Gasteiger charge is 2.13. The second-order valence-electron chi connectivity index (χ2n) is 3.59. The Morgan fingerprint density at radius 2 is 2.00 bits per heavy atom. The molecule has 0 saturated carbocycles. The Balaban J connectivity index is 2.51. The Kier molecular flexibility index (Phi) is 3.08. The molecule has 5 nitrogen and oxygen atoms in total. The number of ketones is 1. The molecule has 0 aliphatic carbocycles. The number of aliphatic hydroxyl groups is 1. The summed E-state index contributed by atoms with van der Waals surface area (Å²) in [7, 11) is 0. The number of aromatic amines is 1. The minimum absolute atomic E-state index is 0.321. The van der Waals surface area contributed by atoms with Gasteiger partial charge in [0, 0.05) is 33.8 Å². The number of aromatic nitrogens is 1. The fourth-order valence-corrected chi connectivity index (χ4v) is 1.74. The maximum atomic E-state index is 11.0. The zero-order valence-corrected chi connectivity index (χ0v) is 9.73. The van der Waals surface area contributed by atoms with Crippen molar-refractivity contribution in [1.29, 1.82) is 0 Å². The van der Waals surface area contributed by atoms with E-state index < -0.39 is 17.5 Å². The fourth-order valence-electron chi connectivity index (χ4n) is 1.57. The van der Waals surface area contributed by atoms with Crippen molar-refractivity contribution in [2.24, 2.45) is 0 Å². The van der Waals surface area contributed by atoms with Gasteiger partial charge in [0.15, 0.2) is 0 Å². The van der Waals surface area contributed by atoms with Crippen LogP contribution in [0.15, 0.2) is 30.5 Å². The lowest BCUT2D eigenvalue weighted by atomic mass is 10.1. The lowest BCUT2D eigenvalue weighted by Crippen LogP contribution is -2.09. The molecule has 18 heavy (non-hydrogen) atoms. The van der Waals surface area contributed by atoms with Gasteiger partial charge >= 0.3 is 5.97 Å². The summed E-state index contributed by atoms with van der Waals surface area (Å²) in [6, 6.07) is 5.00. The van der Waals surface area contributed by atoms with Crippen LogP contribution in [0.2, 0.25) is 5.02 Å². The minimum Gasteiger partial charge on any atom is -0.507 e. The predicted octanol–water partition coefficient (Wildman–Crippen LogP) is 2.37. The standard InChI is InChI=1S/C12H8ClNO4/c13-6-1-2-9-7(3-6)8(5-14-9)10(15)4-11(16)12(17)18/h1-5,14-15H,(H,17,18)/b10-4-. The summed E-state index contributed by atoms with van der Waals surface area (Å²) in [5.41, 5.74) is 1.04. The molecule has 2 rings (SSSR count). The molecular weight excluding hydrogens is 258 g/mol. The Morgan fingerprint density at radius 1 is 1.28 bits per heavy atom. The number of carboxylic acid groups (broad SMARTS) is 1. The third-order valence-electron chi connectivity index (χ3n) is 2.40. The molecule has 1 heterocycles. The first-order valence-electron chi connectivity index (χ1n) is 4.94. The van der Waals surface area contributed by atoms with E-state index in [0.29, 0.717) is 22.0 Å². The van der Waals surface area contributed by atoms with Crippen molar-refractivity contribution in [1.82, 2.24) is 4.98 Å². The van der Waals surface area contributed by atoms with Crippen LogP contribution in [0.25, 0.3) is 16.7 Å². The van der Waals surface area contributed by atoms with E-state index in [9.17, 15) is 14.7 Å². The molecule has 0 unspecified atom stereocenters. The highest BCUT2D eigenvalue weighted by Crippen LogP contribution is 2.26. The first-order valence-corrected chi connectivity index (χ1v) is 5.32. The third kappa shape index (κ3) is 2.21. The van der Waals surface area contributed by atoms with Crippen LogP contribution in [0.5, 0.6) is 0 Å². The minimum atomic E-state index is -1.63. The number of nitrogens with one attached hydrogen (secondary N) is 1. The van der Waals surface area contributed by atoms with Crippen molar-refractivity contribution >= 4 is 40.0 Å². The first-order chi connectivity index (χ1) is 8.49. The Morgan fingerprint density at radius 3 is 2.67 bits per heavy atom. The van der Waals surface area contributed by atoms with Gasteiger partial charge in [-0.3, -0.25) is 4.79 Å². The molecule has 1 aromatic heterocycles. The quantitative estimate of drug-likeness (QED) is 0.451. The molecule has 0 radical (unpaired) electrons. The first kappa shape index (κ1) is 12.2. The van der Waals surface area contributed by atoms with Crippen LogP contribution in [0.3, 0.4) is 0 Å². The normalized spacial score (nSPS) is 11.7. The molecule has 6 heteroatoms.